The number of carbonyl (C=O) groups excluding carboxylic acids is 1. The van der Waals surface area contributed by atoms with E-state index in [1.165, 1.54) is 40.2 Å². The van der Waals surface area contributed by atoms with E-state index in [1.54, 1.807) is 12.3 Å². The van der Waals surface area contributed by atoms with Crippen LogP contribution in [0.1, 0.15) is 20.8 Å². The summed E-state index contributed by atoms with van der Waals surface area (Å²) in [5.74, 6) is -1.53. The van der Waals surface area contributed by atoms with Crippen LogP contribution in [0.2, 0.25) is 0 Å². The molecule has 0 bridgehead atoms. The minimum Gasteiger partial charge on any atom is -0.493 e. The second-order valence-corrected chi connectivity index (χ2v) is 8.12. The minimum atomic E-state index is -1.04. The summed E-state index contributed by atoms with van der Waals surface area (Å²) in [6, 6.07) is 13.5. The van der Waals surface area contributed by atoms with E-state index in [4.69, 9.17) is 17.3 Å². The lowest BCUT2D eigenvalue weighted by Crippen LogP contribution is -2.18. The van der Waals surface area contributed by atoms with Crippen molar-refractivity contribution >= 4 is 64.7 Å². The maximum Gasteiger partial charge on any atom is 0.335 e. The first kappa shape index (κ1) is 19.7. The number of hydrogen-bond donors (Lipinski definition) is 3. The van der Waals surface area contributed by atoms with Crippen molar-refractivity contribution in [1.29, 1.82) is 0 Å². The molecule has 7 nitrogen and oxygen atoms in total. The molecule has 0 radical (unpaired) electrons. The number of aromatic carboxylic acids is 1. The smallest absolute Gasteiger partial charge is 0.335 e. The Hall–Kier alpha value is -3.56. The predicted octanol–water partition coefficient (Wildman–Crippen LogP) is 4.58. The van der Waals surface area contributed by atoms with Gasteiger partial charge in [0.15, 0.2) is 3.95 Å². The number of aromatic nitrogens is 1. The van der Waals surface area contributed by atoms with Crippen LogP contribution in [0, 0.1) is 3.95 Å². The molecule has 2 heterocycles. The molecular weight excluding hydrogens is 422 g/mol. The summed E-state index contributed by atoms with van der Waals surface area (Å²) >= 11 is 6.52. The quantitative estimate of drug-likeness (QED) is 0.507. The minimum absolute atomic E-state index is 0.0911. The van der Waals surface area contributed by atoms with E-state index in [1.807, 2.05) is 24.3 Å². The Morgan fingerprint density at radius 3 is 2.63 bits per heavy atom. The normalized spacial score (nSPS) is 13.4. The maximum atomic E-state index is 12.4. The average Bonchev–Trinajstić information content (AvgIpc) is 3.25. The highest BCUT2D eigenvalue weighted by Gasteiger charge is 2.17. The Bertz CT molecular complexity index is 1270. The van der Waals surface area contributed by atoms with E-state index in [0.717, 1.165) is 16.8 Å². The zero-order valence-corrected chi connectivity index (χ0v) is 17.0. The fourth-order valence-electron chi connectivity index (χ4n) is 2.98. The van der Waals surface area contributed by atoms with Crippen molar-refractivity contribution in [2.75, 3.05) is 5.32 Å². The summed E-state index contributed by atoms with van der Waals surface area (Å²) in [6.45, 7) is -0.171. The van der Waals surface area contributed by atoms with Crippen LogP contribution in [-0.2, 0) is 11.3 Å². The van der Waals surface area contributed by atoms with Crippen LogP contribution in [0.25, 0.3) is 11.6 Å². The number of aliphatic imine (C=N–C) groups is 1. The molecule has 4 rings (SSSR count). The van der Waals surface area contributed by atoms with Gasteiger partial charge < -0.3 is 15.5 Å². The number of para-hydroxylation sites is 1. The SMILES string of the molecule is O=C(Cn1c(O)c(/C=C2/C=Nc3ccccc32)sc1=S)Nc1ccc(C(=O)O)cc1. The van der Waals surface area contributed by atoms with Gasteiger partial charge in [-0.15, -0.1) is 11.3 Å². The van der Waals surface area contributed by atoms with Crippen LogP contribution in [0.3, 0.4) is 0 Å². The number of thiazole rings is 1. The van der Waals surface area contributed by atoms with Crippen molar-refractivity contribution in [3.63, 3.8) is 0 Å². The molecule has 150 valence electrons. The van der Waals surface area contributed by atoms with Gasteiger partial charge in [-0.25, -0.2) is 4.79 Å². The third kappa shape index (κ3) is 3.93. The Kier molecular flexibility index (Phi) is 5.30. The molecule has 0 aliphatic carbocycles. The van der Waals surface area contributed by atoms with Gasteiger partial charge in [-0.3, -0.25) is 14.4 Å². The Morgan fingerprint density at radius 1 is 1.17 bits per heavy atom. The van der Waals surface area contributed by atoms with Gasteiger partial charge in [0.2, 0.25) is 11.8 Å². The molecule has 3 aromatic rings. The van der Waals surface area contributed by atoms with E-state index >= 15 is 0 Å². The number of aromatic hydroxyl groups is 1. The van der Waals surface area contributed by atoms with Crippen LogP contribution < -0.4 is 5.32 Å². The number of rotatable bonds is 5. The molecule has 9 heteroatoms. The van der Waals surface area contributed by atoms with E-state index in [-0.39, 0.29) is 18.0 Å². The van der Waals surface area contributed by atoms with Crippen molar-refractivity contribution in [3.8, 4) is 5.88 Å². The predicted molar refractivity (Wildman–Crippen MR) is 119 cm³/mol. The first-order valence-electron chi connectivity index (χ1n) is 8.83. The van der Waals surface area contributed by atoms with Crippen molar-refractivity contribution in [3.05, 3.63) is 68.5 Å². The van der Waals surface area contributed by atoms with Gasteiger partial charge in [-0.05, 0) is 48.6 Å². The number of benzene rings is 2. The van der Waals surface area contributed by atoms with Gasteiger partial charge in [0.25, 0.3) is 0 Å². The number of fused-ring (bicyclic) bond motifs is 1. The van der Waals surface area contributed by atoms with Crippen LogP contribution in [0.5, 0.6) is 5.88 Å². The fourth-order valence-corrected chi connectivity index (χ4v) is 4.24. The zero-order chi connectivity index (χ0) is 21.3. The number of carbonyl (C=O) groups is 2. The highest BCUT2D eigenvalue weighted by Crippen LogP contribution is 2.35. The Morgan fingerprint density at radius 2 is 1.90 bits per heavy atom. The van der Waals surface area contributed by atoms with Crippen molar-refractivity contribution < 1.29 is 19.8 Å². The standard InChI is InChI=1S/C21H15N3O4S2/c25-18(23-14-7-5-12(6-8-14)20(27)28)11-24-19(26)17(30-21(24)29)9-13-10-22-16-4-2-1-3-15(13)16/h1-10,26H,11H2,(H,23,25)(H,27,28)/b13-9-. The van der Waals surface area contributed by atoms with E-state index < -0.39 is 11.9 Å². The van der Waals surface area contributed by atoms with Gasteiger partial charge >= 0.3 is 5.97 Å². The molecule has 1 aliphatic rings. The molecule has 30 heavy (non-hydrogen) atoms. The van der Waals surface area contributed by atoms with Gasteiger partial charge in [-0.1, -0.05) is 18.2 Å². The summed E-state index contributed by atoms with van der Waals surface area (Å²) in [5.41, 5.74) is 3.25. The number of carboxylic acids is 1. The number of carboxylic acid groups (broad SMARTS) is 1. The zero-order valence-electron chi connectivity index (χ0n) is 15.4. The average molecular weight is 438 g/mol. The third-order valence-corrected chi connectivity index (χ3v) is 5.84. The molecule has 0 unspecified atom stereocenters. The fraction of sp³-hybridized carbons (Fsp3) is 0.0476. The number of anilines is 1. The molecule has 1 aromatic heterocycles. The van der Waals surface area contributed by atoms with E-state index in [9.17, 15) is 14.7 Å². The summed E-state index contributed by atoms with van der Waals surface area (Å²) in [5, 5.41) is 22.2. The van der Waals surface area contributed by atoms with E-state index in [0.29, 0.717) is 14.5 Å². The molecule has 0 atom stereocenters. The van der Waals surface area contributed by atoms with Crippen LogP contribution in [-0.4, -0.2) is 32.9 Å². The summed E-state index contributed by atoms with van der Waals surface area (Å²) in [4.78, 5) is 28.2. The lowest BCUT2D eigenvalue weighted by molar-refractivity contribution is -0.116. The largest absolute Gasteiger partial charge is 0.493 e. The number of nitrogens with zero attached hydrogens (tertiary/aromatic N) is 2. The number of amides is 1. The monoisotopic (exact) mass is 437 g/mol. The number of allylic oxidation sites excluding steroid dienone is 1. The van der Waals surface area contributed by atoms with Crippen LogP contribution >= 0.6 is 23.6 Å². The molecule has 1 amide bonds. The lowest BCUT2D eigenvalue weighted by atomic mass is 10.1. The van der Waals surface area contributed by atoms with Crippen molar-refractivity contribution in [2.45, 2.75) is 6.54 Å². The highest BCUT2D eigenvalue weighted by molar-refractivity contribution is 7.73. The molecule has 0 spiro atoms. The Labute approximate surface area is 180 Å². The molecule has 0 saturated heterocycles. The highest BCUT2D eigenvalue weighted by atomic mass is 32.1. The summed E-state index contributed by atoms with van der Waals surface area (Å²) in [6.07, 6.45) is 3.52. The van der Waals surface area contributed by atoms with Gasteiger partial charge in [0, 0.05) is 23.0 Å². The maximum absolute atomic E-state index is 12.4. The molecule has 1 aliphatic heterocycles. The third-order valence-electron chi connectivity index (χ3n) is 4.46. The van der Waals surface area contributed by atoms with Gasteiger partial charge in [0.1, 0.15) is 6.54 Å². The summed E-state index contributed by atoms with van der Waals surface area (Å²) < 4.78 is 1.71. The van der Waals surface area contributed by atoms with Gasteiger partial charge in [0.05, 0.1) is 16.1 Å². The molecular formula is C21H15N3O4S2. The second-order valence-electron chi connectivity index (χ2n) is 6.45. The van der Waals surface area contributed by atoms with Crippen molar-refractivity contribution in [2.24, 2.45) is 4.99 Å². The first-order valence-corrected chi connectivity index (χ1v) is 10.1. The molecule has 3 N–H and O–H groups in total. The van der Waals surface area contributed by atoms with Crippen LogP contribution in [0.4, 0.5) is 11.4 Å². The summed E-state index contributed by atoms with van der Waals surface area (Å²) in [7, 11) is 0. The topological polar surface area (TPSA) is 104 Å². The Balaban J connectivity index is 1.52. The molecule has 0 saturated carbocycles. The van der Waals surface area contributed by atoms with Crippen molar-refractivity contribution in [1.82, 2.24) is 4.57 Å². The number of hydrogen-bond acceptors (Lipinski definition) is 6. The van der Waals surface area contributed by atoms with Gasteiger partial charge in [-0.2, -0.15) is 0 Å². The lowest BCUT2D eigenvalue weighted by Gasteiger charge is -2.07. The van der Waals surface area contributed by atoms with E-state index in [2.05, 4.69) is 10.3 Å². The second kappa shape index (κ2) is 8.05. The molecule has 2 aromatic carbocycles. The molecule has 0 fully saturated rings. The number of nitrogens with one attached hydrogen (secondary N) is 1. The first-order chi connectivity index (χ1) is 14.4. The van der Waals surface area contributed by atoms with Crippen LogP contribution in [0.15, 0.2) is 53.5 Å².